The van der Waals surface area contributed by atoms with Crippen LogP contribution in [0.5, 0.6) is 0 Å². The van der Waals surface area contributed by atoms with E-state index in [1.165, 1.54) is 6.07 Å². The molecule has 0 radical (unpaired) electrons. The molecule has 0 aliphatic rings. The van der Waals surface area contributed by atoms with Crippen molar-refractivity contribution >= 4 is 11.3 Å². The average Bonchev–Trinajstić information content (AvgIpc) is 2.70. The van der Waals surface area contributed by atoms with E-state index >= 15 is 0 Å². The summed E-state index contributed by atoms with van der Waals surface area (Å²) in [6.07, 6.45) is 0. The molecule has 1 N–H and O–H groups in total. The first-order valence-corrected chi connectivity index (χ1v) is 6.96. The predicted molar refractivity (Wildman–Crippen MR) is 73.5 cm³/mol. The molecule has 1 heterocycles. The fraction of sp³-hybridized carbons (Fsp3) is 0.357. The van der Waals surface area contributed by atoms with E-state index in [0.717, 1.165) is 28.2 Å². The summed E-state index contributed by atoms with van der Waals surface area (Å²) >= 11 is 1.58. The molecule has 0 fully saturated rings. The van der Waals surface area contributed by atoms with Crippen molar-refractivity contribution < 1.29 is 8.78 Å². The van der Waals surface area contributed by atoms with E-state index in [-0.39, 0.29) is 6.04 Å². The number of aryl methyl sites for hydroxylation is 2. The van der Waals surface area contributed by atoms with Gasteiger partial charge in [0.15, 0.2) is 11.6 Å². The number of thiazole rings is 1. The molecule has 0 bridgehead atoms. The number of nitrogens with one attached hydrogen (secondary N) is 1. The van der Waals surface area contributed by atoms with E-state index in [1.54, 1.807) is 17.4 Å². The minimum Gasteiger partial charge on any atom is -0.305 e. The van der Waals surface area contributed by atoms with Crippen LogP contribution in [0.15, 0.2) is 18.2 Å². The van der Waals surface area contributed by atoms with Gasteiger partial charge < -0.3 is 5.32 Å². The second-order valence-corrected chi connectivity index (χ2v) is 5.59. The second kappa shape index (κ2) is 5.75. The van der Waals surface area contributed by atoms with Gasteiger partial charge in [-0.25, -0.2) is 13.8 Å². The molecule has 1 aromatic carbocycles. The van der Waals surface area contributed by atoms with Crippen molar-refractivity contribution in [2.24, 2.45) is 0 Å². The molecular weight excluding hydrogens is 266 g/mol. The normalized spacial score (nSPS) is 12.7. The first kappa shape index (κ1) is 14.1. The molecular formula is C14H16F2N2S. The predicted octanol–water partition coefficient (Wildman–Crippen LogP) is 3.74. The maximum absolute atomic E-state index is 13.4. The molecule has 0 amide bonds. The molecule has 5 heteroatoms. The van der Waals surface area contributed by atoms with Crippen LogP contribution in [-0.2, 0) is 0 Å². The van der Waals surface area contributed by atoms with Crippen LogP contribution in [0.2, 0.25) is 0 Å². The lowest BCUT2D eigenvalue weighted by molar-refractivity contribution is 0.503. The zero-order valence-corrected chi connectivity index (χ0v) is 11.9. The van der Waals surface area contributed by atoms with E-state index < -0.39 is 11.6 Å². The fourth-order valence-corrected chi connectivity index (χ4v) is 2.89. The lowest BCUT2D eigenvalue weighted by atomic mass is 10.1. The van der Waals surface area contributed by atoms with Crippen LogP contribution in [0, 0.1) is 25.5 Å². The van der Waals surface area contributed by atoms with Gasteiger partial charge in [-0.05, 0) is 38.1 Å². The summed E-state index contributed by atoms with van der Waals surface area (Å²) < 4.78 is 26.4. The van der Waals surface area contributed by atoms with Crippen LogP contribution in [0.1, 0.15) is 34.1 Å². The van der Waals surface area contributed by atoms with E-state index in [1.807, 2.05) is 20.8 Å². The Kier molecular flexibility index (Phi) is 4.27. The largest absolute Gasteiger partial charge is 0.305 e. The Hall–Kier alpha value is -1.33. The van der Waals surface area contributed by atoms with Crippen LogP contribution in [0.25, 0.3) is 0 Å². The van der Waals surface area contributed by atoms with E-state index in [0.29, 0.717) is 5.56 Å². The van der Waals surface area contributed by atoms with Gasteiger partial charge in [-0.1, -0.05) is 13.0 Å². The van der Waals surface area contributed by atoms with E-state index in [2.05, 4.69) is 10.3 Å². The summed E-state index contributed by atoms with van der Waals surface area (Å²) in [5, 5.41) is 4.14. The molecule has 0 aliphatic carbocycles. The Morgan fingerprint density at radius 3 is 2.53 bits per heavy atom. The molecule has 1 unspecified atom stereocenters. The Morgan fingerprint density at radius 1 is 1.26 bits per heavy atom. The molecule has 1 atom stereocenters. The summed E-state index contributed by atoms with van der Waals surface area (Å²) in [4.78, 5) is 5.64. The number of benzene rings is 1. The number of aromatic nitrogens is 1. The molecule has 102 valence electrons. The van der Waals surface area contributed by atoms with Gasteiger partial charge in [0, 0.05) is 4.88 Å². The van der Waals surface area contributed by atoms with Crippen molar-refractivity contribution in [3.8, 4) is 0 Å². The summed E-state index contributed by atoms with van der Waals surface area (Å²) in [6, 6.07) is 3.78. The molecule has 19 heavy (non-hydrogen) atoms. The van der Waals surface area contributed by atoms with Crippen molar-refractivity contribution in [1.82, 2.24) is 10.3 Å². The van der Waals surface area contributed by atoms with E-state index in [9.17, 15) is 8.78 Å². The zero-order chi connectivity index (χ0) is 14.0. The van der Waals surface area contributed by atoms with Crippen LogP contribution >= 0.6 is 11.3 Å². The van der Waals surface area contributed by atoms with Crippen molar-refractivity contribution in [1.29, 1.82) is 0 Å². The highest BCUT2D eigenvalue weighted by Gasteiger charge is 2.19. The highest BCUT2D eigenvalue weighted by molar-refractivity contribution is 7.11. The Balaban J connectivity index is 2.41. The highest BCUT2D eigenvalue weighted by atomic mass is 32.1. The summed E-state index contributed by atoms with van der Waals surface area (Å²) in [7, 11) is 0. The standard InChI is InChI=1S/C14H16F2N2S/c1-4-17-13(14-18-8(2)9(3)19-14)10-5-6-11(15)12(16)7-10/h5-7,13,17H,4H2,1-3H3. The lowest BCUT2D eigenvalue weighted by Gasteiger charge is -2.16. The highest BCUT2D eigenvalue weighted by Crippen LogP contribution is 2.28. The summed E-state index contributed by atoms with van der Waals surface area (Å²) in [5.74, 6) is -1.66. The van der Waals surface area contributed by atoms with Crippen LogP contribution in [-0.4, -0.2) is 11.5 Å². The topological polar surface area (TPSA) is 24.9 Å². The fourth-order valence-electron chi connectivity index (χ4n) is 1.86. The Morgan fingerprint density at radius 2 is 2.00 bits per heavy atom. The first-order valence-electron chi connectivity index (χ1n) is 6.15. The second-order valence-electron chi connectivity index (χ2n) is 4.36. The smallest absolute Gasteiger partial charge is 0.159 e. The Bertz CT molecular complexity index is 561. The van der Waals surface area contributed by atoms with Gasteiger partial charge in [-0.2, -0.15) is 0 Å². The Labute approximate surface area is 115 Å². The molecule has 0 saturated carbocycles. The quantitative estimate of drug-likeness (QED) is 0.924. The van der Waals surface area contributed by atoms with Crippen molar-refractivity contribution in [3.63, 3.8) is 0 Å². The number of halogens is 2. The number of hydrogen-bond acceptors (Lipinski definition) is 3. The monoisotopic (exact) mass is 282 g/mol. The SMILES string of the molecule is CCNC(c1ccc(F)c(F)c1)c1nc(C)c(C)s1. The van der Waals surface area contributed by atoms with Gasteiger partial charge in [0.05, 0.1) is 11.7 Å². The minimum atomic E-state index is -0.828. The molecule has 1 aromatic heterocycles. The van der Waals surface area contributed by atoms with Crippen LogP contribution < -0.4 is 5.32 Å². The third kappa shape index (κ3) is 2.98. The zero-order valence-electron chi connectivity index (χ0n) is 11.1. The van der Waals surface area contributed by atoms with E-state index in [4.69, 9.17) is 0 Å². The molecule has 2 rings (SSSR count). The average molecular weight is 282 g/mol. The van der Waals surface area contributed by atoms with Gasteiger partial charge >= 0.3 is 0 Å². The van der Waals surface area contributed by atoms with Crippen molar-refractivity contribution in [2.45, 2.75) is 26.8 Å². The van der Waals surface area contributed by atoms with Crippen molar-refractivity contribution in [3.05, 3.63) is 51.0 Å². The maximum Gasteiger partial charge on any atom is 0.159 e. The number of nitrogens with zero attached hydrogens (tertiary/aromatic N) is 1. The lowest BCUT2D eigenvalue weighted by Crippen LogP contribution is -2.22. The van der Waals surface area contributed by atoms with Gasteiger partial charge in [-0.15, -0.1) is 11.3 Å². The third-order valence-corrected chi connectivity index (χ3v) is 4.11. The molecule has 0 aliphatic heterocycles. The molecule has 2 nitrogen and oxygen atoms in total. The third-order valence-electron chi connectivity index (χ3n) is 2.98. The van der Waals surface area contributed by atoms with Gasteiger partial charge in [-0.3, -0.25) is 0 Å². The van der Waals surface area contributed by atoms with Crippen LogP contribution in [0.4, 0.5) is 8.78 Å². The molecule has 0 spiro atoms. The minimum absolute atomic E-state index is 0.197. The summed E-state index contributed by atoms with van der Waals surface area (Å²) in [5.41, 5.74) is 1.67. The maximum atomic E-state index is 13.4. The molecule has 0 saturated heterocycles. The number of hydrogen-bond donors (Lipinski definition) is 1. The summed E-state index contributed by atoms with van der Waals surface area (Å²) in [6.45, 7) is 6.65. The van der Waals surface area contributed by atoms with Gasteiger partial charge in [0.25, 0.3) is 0 Å². The van der Waals surface area contributed by atoms with Crippen molar-refractivity contribution in [2.75, 3.05) is 6.54 Å². The molecule has 2 aromatic rings. The first-order chi connectivity index (χ1) is 9.02. The van der Waals surface area contributed by atoms with Gasteiger partial charge in [0.2, 0.25) is 0 Å². The van der Waals surface area contributed by atoms with Crippen LogP contribution in [0.3, 0.4) is 0 Å². The van der Waals surface area contributed by atoms with Gasteiger partial charge in [0.1, 0.15) is 5.01 Å². The number of rotatable bonds is 4.